The lowest BCUT2D eigenvalue weighted by atomic mass is 10.1. The number of carbonyl (C=O) groups is 2. The molecule has 0 fully saturated rings. The summed E-state index contributed by atoms with van der Waals surface area (Å²) >= 11 is 3.14. The molecule has 0 radical (unpaired) electrons. The zero-order chi connectivity index (χ0) is 20.8. The van der Waals surface area contributed by atoms with Gasteiger partial charge in [-0.2, -0.15) is 0 Å². The van der Waals surface area contributed by atoms with Crippen LogP contribution >= 0.6 is 15.9 Å². The normalized spacial score (nSPS) is 11.6. The monoisotopic (exact) mass is 458 g/mol. The molecule has 8 heteroatoms. The SMILES string of the molecule is COc1ccc(C(O)CNC(=O)c2cccc(NC(=O)c3ccc(Br)o3)c2)cc1. The number of halogens is 1. The lowest BCUT2D eigenvalue weighted by Crippen LogP contribution is -2.28. The standard InChI is InChI=1S/C21H19BrN2O5/c1-28-16-7-5-13(6-8-16)17(25)12-23-20(26)14-3-2-4-15(11-14)24-21(27)18-9-10-19(22)29-18/h2-11,17,25H,12H2,1H3,(H,23,26)(H,24,27). The van der Waals surface area contributed by atoms with Gasteiger partial charge in [-0.25, -0.2) is 0 Å². The number of hydrogen-bond donors (Lipinski definition) is 3. The first-order valence-corrected chi connectivity index (χ1v) is 9.52. The smallest absolute Gasteiger partial charge is 0.291 e. The van der Waals surface area contributed by atoms with Crippen molar-refractivity contribution in [1.29, 1.82) is 0 Å². The molecule has 1 heterocycles. The van der Waals surface area contributed by atoms with Crippen molar-refractivity contribution in [1.82, 2.24) is 5.32 Å². The fourth-order valence-corrected chi connectivity index (χ4v) is 2.91. The van der Waals surface area contributed by atoms with E-state index >= 15 is 0 Å². The minimum Gasteiger partial charge on any atom is -0.497 e. The second-order valence-electron chi connectivity index (χ2n) is 6.14. The van der Waals surface area contributed by atoms with Crippen LogP contribution in [0.5, 0.6) is 5.75 Å². The molecule has 0 saturated carbocycles. The lowest BCUT2D eigenvalue weighted by molar-refractivity contribution is 0.0915. The summed E-state index contributed by atoms with van der Waals surface area (Å²) in [5, 5.41) is 15.6. The molecule has 29 heavy (non-hydrogen) atoms. The molecule has 3 rings (SSSR count). The molecule has 1 aromatic heterocycles. The summed E-state index contributed by atoms with van der Waals surface area (Å²) in [6.07, 6.45) is -0.856. The van der Waals surface area contributed by atoms with Crippen molar-refractivity contribution in [2.45, 2.75) is 6.10 Å². The van der Waals surface area contributed by atoms with Crippen LogP contribution in [0.1, 0.15) is 32.6 Å². The number of furan rings is 1. The van der Waals surface area contributed by atoms with Crippen LogP contribution in [0.3, 0.4) is 0 Å². The van der Waals surface area contributed by atoms with Crippen LogP contribution in [-0.2, 0) is 0 Å². The summed E-state index contributed by atoms with van der Waals surface area (Å²) in [5.74, 6) is 0.0395. The van der Waals surface area contributed by atoms with Gasteiger partial charge in [-0.1, -0.05) is 18.2 Å². The molecule has 2 amide bonds. The van der Waals surface area contributed by atoms with E-state index < -0.39 is 12.0 Å². The molecule has 3 aromatic rings. The maximum Gasteiger partial charge on any atom is 0.291 e. The number of amides is 2. The molecule has 0 aliphatic rings. The first-order chi connectivity index (χ1) is 14.0. The topological polar surface area (TPSA) is 101 Å². The molecule has 2 aromatic carbocycles. The number of benzene rings is 2. The van der Waals surface area contributed by atoms with Gasteiger partial charge in [0.2, 0.25) is 0 Å². The van der Waals surface area contributed by atoms with Gasteiger partial charge in [0.05, 0.1) is 13.2 Å². The third-order valence-electron chi connectivity index (χ3n) is 4.14. The van der Waals surface area contributed by atoms with Gasteiger partial charge in [-0.3, -0.25) is 9.59 Å². The van der Waals surface area contributed by atoms with Gasteiger partial charge < -0.3 is 24.9 Å². The summed E-state index contributed by atoms with van der Waals surface area (Å²) in [6.45, 7) is 0.0438. The molecule has 0 aliphatic heterocycles. The second-order valence-corrected chi connectivity index (χ2v) is 6.92. The summed E-state index contributed by atoms with van der Waals surface area (Å²) in [6, 6.07) is 16.6. The Balaban J connectivity index is 1.59. The summed E-state index contributed by atoms with van der Waals surface area (Å²) < 4.78 is 10.7. The van der Waals surface area contributed by atoms with Crippen molar-refractivity contribution in [3.8, 4) is 5.75 Å². The minimum atomic E-state index is -0.856. The van der Waals surface area contributed by atoms with Gasteiger partial charge in [0.25, 0.3) is 11.8 Å². The fourth-order valence-electron chi connectivity index (χ4n) is 2.60. The maximum absolute atomic E-state index is 12.4. The van der Waals surface area contributed by atoms with E-state index in [1.54, 1.807) is 61.7 Å². The average molecular weight is 459 g/mol. The van der Waals surface area contributed by atoms with Gasteiger partial charge in [0.15, 0.2) is 10.4 Å². The van der Waals surface area contributed by atoms with E-state index in [0.717, 1.165) is 0 Å². The number of aliphatic hydroxyl groups excluding tert-OH is 1. The van der Waals surface area contributed by atoms with Crippen LogP contribution in [-0.4, -0.2) is 30.6 Å². The highest BCUT2D eigenvalue weighted by atomic mass is 79.9. The molecule has 0 aliphatic carbocycles. The van der Waals surface area contributed by atoms with E-state index in [1.807, 2.05) is 0 Å². The van der Waals surface area contributed by atoms with E-state index in [0.29, 0.717) is 27.2 Å². The van der Waals surface area contributed by atoms with Crippen molar-refractivity contribution in [2.24, 2.45) is 0 Å². The lowest BCUT2D eigenvalue weighted by Gasteiger charge is -2.13. The van der Waals surface area contributed by atoms with Crippen LogP contribution in [0.25, 0.3) is 0 Å². The fraction of sp³-hybridized carbons (Fsp3) is 0.143. The van der Waals surface area contributed by atoms with E-state index in [4.69, 9.17) is 9.15 Å². The molecular weight excluding hydrogens is 440 g/mol. The highest BCUT2D eigenvalue weighted by Gasteiger charge is 2.14. The zero-order valence-electron chi connectivity index (χ0n) is 15.5. The third-order valence-corrected chi connectivity index (χ3v) is 4.56. The number of aliphatic hydroxyl groups is 1. The molecule has 0 bridgehead atoms. The minimum absolute atomic E-state index is 0.0438. The highest BCUT2D eigenvalue weighted by Crippen LogP contribution is 2.18. The van der Waals surface area contributed by atoms with E-state index in [-0.39, 0.29) is 18.2 Å². The number of ether oxygens (including phenoxy) is 1. The van der Waals surface area contributed by atoms with Crippen molar-refractivity contribution in [2.75, 3.05) is 19.0 Å². The Morgan fingerprint density at radius 3 is 2.52 bits per heavy atom. The second kappa shape index (κ2) is 9.40. The van der Waals surface area contributed by atoms with Crippen molar-refractivity contribution in [3.05, 3.63) is 82.2 Å². The third kappa shape index (κ3) is 5.46. The molecule has 3 N–H and O–H groups in total. The van der Waals surface area contributed by atoms with E-state index in [9.17, 15) is 14.7 Å². The number of anilines is 1. The number of hydrogen-bond acceptors (Lipinski definition) is 5. The first-order valence-electron chi connectivity index (χ1n) is 8.73. The van der Waals surface area contributed by atoms with Gasteiger partial charge in [-0.15, -0.1) is 0 Å². The van der Waals surface area contributed by atoms with Crippen molar-refractivity contribution >= 4 is 33.4 Å². The maximum atomic E-state index is 12.4. The van der Waals surface area contributed by atoms with Gasteiger partial charge in [0.1, 0.15) is 5.75 Å². The Morgan fingerprint density at radius 2 is 1.86 bits per heavy atom. The number of carbonyl (C=O) groups excluding carboxylic acids is 2. The summed E-state index contributed by atoms with van der Waals surface area (Å²) in [4.78, 5) is 24.6. The Labute approximate surface area is 175 Å². The first kappa shape index (κ1) is 20.6. The number of rotatable bonds is 7. The summed E-state index contributed by atoms with van der Waals surface area (Å²) in [7, 11) is 1.57. The Morgan fingerprint density at radius 1 is 1.10 bits per heavy atom. The quantitative estimate of drug-likeness (QED) is 0.500. The predicted octanol–water partition coefficient (Wildman–Crippen LogP) is 3.77. The van der Waals surface area contributed by atoms with Crippen LogP contribution < -0.4 is 15.4 Å². The predicted molar refractivity (Wildman–Crippen MR) is 111 cm³/mol. The summed E-state index contributed by atoms with van der Waals surface area (Å²) in [5.41, 5.74) is 1.47. The van der Waals surface area contributed by atoms with Gasteiger partial charge >= 0.3 is 0 Å². The largest absolute Gasteiger partial charge is 0.497 e. The number of methoxy groups -OCH3 is 1. The molecule has 1 unspecified atom stereocenters. The molecule has 0 saturated heterocycles. The highest BCUT2D eigenvalue weighted by molar-refractivity contribution is 9.10. The van der Waals surface area contributed by atoms with E-state index in [2.05, 4.69) is 26.6 Å². The van der Waals surface area contributed by atoms with Crippen LogP contribution in [0.2, 0.25) is 0 Å². The van der Waals surface area contributed by atoms with E-state index in [1.165, 1.54) is 6.07 Å². The van der Waals surface area contributed by atoms with Crippen LogP contribution in [0.4, 0.5) is 5.69 Å². The van der Waals surface area contributed by atoms with Crippen LogP contribution in [0, 0.1) is 0 Å². The van der Waals surface area contributed by atoms with Gasteiger partial charge in [-0.05, 0) is 64.0 Å². The molecular formula is C21H19BrN2O5. The average Bonchev–Trinajstić information content (AvgIpc) is 3.18. The molecule has 7 nitrogen and oxygen atoms in total. The zero-order valence-corrected chi connectivity index (χ0v) is 17.1. The molecule has 1 atom stereocenters. The van der Waals surface area contributed by atoms with Crippen molar-refractivity contribution < 1.29 is 23.8 Å². The molecule has 150 valence electrons. The Hall–Kier alpha value is -3.10. The number of nitrogens with one attached hydrogen (secondary N) is 2. The Bertz CT molecular complexity index is 1000. The Kier molecular flexibility index (Phi) is 6.69. The molecule has 0 spiro atoms. The van der Waals surface area contributed by atoms with Crippen molar-refractivity contribution in [3.63, 3.8) is 0 Å². The van der Waals surface area contributed by atoms with Crippen LogP contribution in [0.15, 0.2) is 69.8 Å². The van der Waals surface area contributed by atoms with Gasteiger partial charge in [0, 0.05) is 17.8 Å².